The Bertz CT molecular complexity index is 768. The number of nitrogens with one attached hydrogen (secondary N) is 1. The summed E-state index contributed by atoms with van der Waals surface area (Å²) in [7, 11) is 0. The largest absolute Gasteiger partial charge is 0.444 e. The Morgan fingerprint density at radius 3 is 2.42 bits per heavy atom. The summed E-state index contributed by atoms with van der Waals surface area (Å²) >= 11 is 0. The standard InChI is InChI=1S/C22H26N2O2/c1-22(2,3)26-21(25)24-15-7-6-8-17-11-13-18(14-12-17)20-10-5-4-9-19(20)16-23/h4-5,9-14H,6-8,15H2,1-3H3,(H,24,25). The van der Waals surface area contributed by atoms with Gasteiger partial charge in [0, 0.05) is 6.54 Å². The predicted molar refractivity (Wildman–Crippen MR) is 104 cm³/mol. The number of ether oxygens (including phenoxy) is 1. The fraction of sp³-hybridized carbons (Fsp3) is 0.364. The summed E-state index contributed by atoms with van der Waals surface area (Å²) in [5.74, 6) is 0. The molecule has 2 aromatic rings. The summed E-state index contributed by atoms with van der Waals surface area (Å²) in [6, 6.07) is 18.2. The van der Waals surface area contributed by atoms with Gasteiger partial charge in [-0.3, -0.25) is 0 Å². The van der Waals surface area contributed by atoms with E-state index >= 15 is 0 Å². The highest BCUT2D eigenvalue weighted by Crippen LogP contribution is 2.23. The lowest BCUT2D eigenvalue weighted by Gasteiger charge is -2.19. The number of nitriles is 1. The highest BCUT2D eigenvalue weighted by atomic mass is 16.6. The number of amides is 1. The molecule has 0 aliphatic carbocycles. The number of alkyl carbamates (subject to hydrolysis) is 1. The first-order chi connectivity index (χ1) is 12.4. The molecule has 2 rings (SSSR count). The number of nitrogens with zero attached hydrogens (tertiary/aromatic N) is 1. The van der Waals surface area contributed by atoms with Gasteiger partial charge in [-0.25, -0.2) is 4.79 Å². The van der Waals surface area contributed by atoms with Gasteiger partial charge in [-0.2, -0.15) is 5.26 Å². The average molecular weight is 350 g/mol. The predicted octanol–water partition coefficient (Wildman–Crippen LogP) is 5.07. The zero-order valence-corrected chi connectivity index (χ0v) is 15.7. The lowest BCUT2D eigenvalue weighted by molar-refractivity contribution is 0.0527. The molecule has 0 aliphatic rings. The monoisotopic (exact) mass is 350 g/mol. The van der Waals surface area contributed by atoms with Gasteiger partial charge in [0.2, 0.25) is 0 Å². The molecule has 26 heavy (non-hydrogen) atoms. The molecule has 2 aromatic carbocycles. The molecule has 0 atom stereocenters. The van der Waals surface area contributed by atoms with Gasteiger partial charge < -0.3 is 10.1 Å². The van der Waals surface area contributed by atoms with Crippen LogP contribution in [0.5, 0.6) is 0 Å². The Kier molecular flexibility index (Phi) is 6.80. The molecular weight excluding hydrogens is 324 g/mol. The van der Waals surface area contributed by atoms with E-state index in [0.29, 0.717) is 12.1 Å². The van der Waals surface area contributed by atoms with E-state index in [1.807, 2.05) is 45.0 Å². The third kappa shape index (κ3) is 6.25. The second-order valence-electron chi connectivity index (χ2n) is 7.24. The van der Waals surface area contributed by atoms with Crippen LogP contribution in [0.1, 0.15) is 44.7 Å². The summed E-state index contributed by atoms with van der Waals surface area (Å²) < 4.78 is 5.20. The van der Waals surface area contributed by atoms with Crippen LogP contribution in [0.4, 0.5) is 4.79 Å². The number of carbonyl (C=O) groups is 1. The van der Waals surface area contributed by atoms with Crippen LogP contribution in [-0.2, 0) is 11.2 Å². The minimum absolute atomic E-state index is 0.363. The van der Waals surface area contributed by atoms with Crippen molar-refractivity contribution in [1.29, 1.82) is 5.26 Å². The summed E-state index contributed by atoms with van der Waals surface area (Å²) in [6.45, 7) is 6.17. The van der Waals surface area contributed by atoms with Gasteiger partial charge in [-0.1, -0.05) is 42.5 Å². The molecule has 0 saturated carbocycles. The van der Waals surface area contributed by atoms with E-state index in [4.69, 9.17) is 4.74 Å². The molecule has 4 nitrogen and oxygen atoms in total. The van der Waals surface area contributed by atoms with Crippen LogP contribution in [0.2, 0.25) is 0 Å². The molecule has 4 heteroatoms. The summed E-state index contributed by atoms with van der Waals surface area (Å²) in [5, 5.41) is 12.0. The number of hydrogen-bond acceptors (Lipinski definition) is 3. The lowest BCUT2D eigenvalue weighted by Crippen LogP contribution is -2.33. The van der Waals surface area contributed by atoms with Gasteiger partial charge in [-0.15, -0.1) is 0 Å². The molecule has 0 fully saturated rings. The molecule has 0 heterocycles. The first-order valence-electron chi connectivity index (χ1n) is 8.94. The van der Waals surface area contributed by atoms with Crippen LogP contribution in [0, 0.1) is 11.3 Å². The van der Waals surface area contributed by atoms with E-state index < -0.39 is 5.60 Å². The molecule has 0 aromatic heterocycles. The van der Waals surface area contributed by atoms with E-state index in [1.54, 1.807) is 0 Å². The quantitative estimate of drug-likeness (QED) is 0.740. The van der Waals surface area contributed by atoms with Crippen molar-refractivity contribution in [1.82, 2.24) is 5.32 Å². The van der Waals surface area contributed by atoms with Gasteiger partial charge in [-0.05, 0) is 62.8 Å². The number of carbonyl (C=O) groups excluding carboxylic acids is 1. The van der Waals surface area contributed by atoms with Gasteiger partial charge in [0.15, 0.2) is 0 Å². The van der Waals surface area contributed by atoms with Crippen LogP contribution < -0.4 is 5.32 Å². The Labute approximate surface area is 155 Å². The first-order valence-corrected chi connectivity index (χ1v) is 8.94. The Hall–Kier alpha value is -2.80. The Balaban J connectivity index is 1.78. The second kappa shape index (κ2) is 9.05. The van der Waals surface area contributed by atoms with Crippen molar-refractivity contribution in [3.05, 3.63) is 59.7 Å². The second-order valence-corrected chi connectivity index (χ2v) is 7.24. The normalized spacial score (nSPS) is 10.8. The van der Waals surface area contributed by atoms with E-state index in [2.05, 4.69) is 35.7 Å². The minimum Gasteiger partial charge on any atom is -0.444 e. The topological polar surface area (TPSA) is 62.1 Å². The van der Waals surface area contributed by atoms with Crippen LogP contribution in [-0.4, -0.2) is 18.2 Å². The molecule has 0 bridgehead atoms. The zero-order valence-electron chi connectivity index (χ0n) is 15.7. The summed E-state index contributed by atoms with van der Waals surface area (Å²) in [4.78, 5) is 11.6. The SMILES string of the molecule is CC(C)(C)OC(=O)NCCCCc1ccc(-c2ccccc2C#N)cc1. The smallest absolute Gasteiger partial charge is 0.407 e. The fourth-order valence-electron chi connectivity index (χ4n) is 2.64. The maximum Gasteiger partial charge on any atom is 0.407 e. The highest BCUT2D eigenvalue weighted by molar-refractivity contribution is 5.70. The lowest BCUT2D eigenvalue weighted by atomic mass is 9.98. The van der Waals surface area contributed by atoms with Crippen molar-refractivity contribution in [2.24, 2.45) is 0 Å². The average Bonchev–Trinajstić information content (AvgIpc) is 2.60. The Morgan fingerprint density at radius 1 is 1.08 bits per heavy atom. The van der Waals surface area contributed by atoms with E-state index in [0.717, 1.165) is 30.4 Å². The highest BCUT2D eigenvalue weighted by Gasteiger charge is 2.15. The van der Waals surface area contributed by atoms with Crippen LogP contribution >= 0.6 is 0 Å². The van der Waals surface area contributed by atoms with Crippen LogP contribution in [0.25, 0.3) is 11.1 Å². The molecule has 0 aliphatic heterocycles. The maximum atomic E-state index is 11.6. The van der Waals surface area contributed by atoms with Gasteiger partial charge in [0.25, 0.3) is 0 Å². The van der Waals surface area contributed by atoms with Crippen molar-refractivity contribution < 1.29 is 9.53 Å². The number of benzene rings is 2. The van der Waals surface area contributed by atoms with Crippen molar-refractivity contribution in [3.63, 3.8) is 0 Å². The summed E-state index contributed by atoms with van der Waals surface area (Å²) in [5.41, 5.74) is 3.49. The van der Waals surface area contributed by atoms with E-state index in [1.165, 1.54) is 5.56 Å². The number of hydrogen-bond donors (Lipinski definition) is 1. The molecule has 0 radical (unpaired) electrons. The van der Waals surface area contributed by atoms with Crippen LogP contribution in [0.15, 0.2) is 48.5 Å². The molecule has 136 valence electrons. The zero-order chi connectivity index (χ0) is 19.0. The molecule has 1 N–H and O–H groups in total. The first kappa shape index (κ1) is 19.5. The van der Waals surface area contributed by atoms with Gasteiger partial charge >= 0.3 is 6.09 Å². The van der Waals surface area contributed by atoms with Crippen molar-refractivity contribution in [2.45, 2.75) is 45.6 Å². The number of rotatable bonds is 6. The van der Waals surface area contributed by atoms with Crippen molar-refractivity contribution in [2.75, 3.05) is 6.54 Å². The maximum absolute atomic E-state index is 11.6. The van der Waals surface area contributed by atoms with Gasteiger partial charge in [0.05, 0.1) is 11.6 Å². The number of unbranched alkanes of at least 4 members (excludes halogenated alkanes) is 1. The number of aryl methyl sites for hydroxylation is 1. The van der Waals surface area contributed by atoms with Crippen LogP contribution in [0.3, 0.4) is 0 Å². The van der Waals surface area contributed by atoms with Gasteiger partial charge in [0.1, 0.15) is 5.60 Å². The van der Waals surface area contributed by atoms with E-state index in [-0.39, 0.29) is 6.09 Å². The molecule has 0 unspecified atom stereocenters. The molecular formula is C22H26N2O2. The minimum atomic E-state index is -0.462. The molecule has 1 amide bonds. The molecule has 0 spiro atoms. The third-order valence-electron chi connectivity index (χ3n) is 3.87. The Morgan fingerprint density at radius 2 is 1.77 bits per heavy atom. The van der Waals surface area contributed by atoms with E-state index in [9.17, 15) is 10.1 Å². The van der Waals surface area contributed by atoms with Crippen molar-refractivity contribution >= 4 is 6.09 Å². The van der Waals surface area contributed by atoms with Crippen molar-refractivity contribution in [3.8, 4) is 17.2 Å². The third-order valence-corrected chi connectivity index (χ3v) is 3.87. The summed E-state index contributed by atoms with van der Waals surface area (Å²) in [6.07, 6.45) is 2.48. The molecule has 0 saturated heterocycles. The fourth-order valence-corrected chi connectivity index (χ4v) is 2.64.